The van der Waals surface area contributed by atoms with Crippen LogP contribution in [0.3, 0.4) is 0 Å². The van der Waals surface area contributed by atoms with Crippen LogP contribution in [-0.4, -0.2) is 73.1 Å². The first-order valence-electron chi connectivity index (χ1n) is 13.1. The number of aromatic nitrogens is 4. The molecule has 0 spiro atoms. The van der Waals surface area contributed by atoms with Crippen molar-refractivity contribution in [3.63, 3.8) is 0 Å². The van der Waals surface area contributed by atoms with Crippen LogP contribution in [0, 0.1) is 0 Å². The molecule has 230 valence electrons. The Morgan fingerprint density at radius 3 is 2.64 bits per heavy atom. The van der Waals surface area contributed by atoms with Crippen molar-refractivity contribution in [2.24, 2.45) is 0 Å². The number of aliphatic hydroxyl groups is 1. The van der Waals surface area contributed by atoms with Crippen LogP contribution in [0.5, 0.6) is 11.6 Å². The van der Waals surface area contributed by atoms with Crippen molar-refractivity contribution in [3.05, 3.63) is 36.7 Å². The van der Waals surface area contributed by atoms with Crippen molar-refractivity contribution < 1.29 is 42.1 Å². The number of carbonyl (C=O) groups excluding carboxylic acids is 1. The Morgan fingerprint density at radius 1 is 1.31 bits per heavy atom. The number of nitrogens with two attached hydrogens (primary N) is 1. The third kappa shape index (κ3) is 6.66. The number of carbonyl (C=O) groups is 1. The molecule has 4 unspecified atom stereocenters. The molecule has 0 aliphatic carbocycles. The van der Waals surface area contributed by atoms with Gasteiger partial charge in [0, 0.05) is 0 Å². The predicted octanol–water partition coefficient (Wildman–Crippen LogP) is 3.13. The molecule has 7 atom stereocenters. The third-order valence-electron chi connectivity index (χ3n) is 6.20. The molecule has 1 aromatic carbocycles. The summed E-state index contributed by atoms with van der Waals surface area (Å²) < 4.78 is 59.2. The van der Waals surface area contributed by atoms with E-state index in [1.807, 2.05) is 0 Å². The van der Waals surface area contributed by atoms with Gasteiger partial charge in [-0.1, -0.05) is 27.4 Å². The van der Waals surface area contributed by atoms with Crippen molar-refractivity contribution in [2.75, 3.05) is 18.9 Å². The van der Waals surface area contributed by atoms with E-state index in [1.165, 1.54) is 36.9 Å². The summed E-state index contributed by atoms with van der Waals surface area (Å²) >= 11 is 0. The molecular formula is C25H35FN6O8P2. The van der Waals surface area contributed by atoms with Gasteiger partial charge in [-0.2, -0.15) is 15.1 Å². The Hall–Kier alpha value is -2.93. The highest BCUT2D eigenvalue weighted by Gasteiger charge is 2.62. The maximum Gasteiger partial charge on any atom is 0.459 e. The minimum absolute atomic E-state index is 0.115. The standard InChI is InChI=1S/C25H35FN6O8P2/c1-6-36-19-17-18(29-23(27)30-19)32(13-28-17)22-24(5,34)21(26)25(41,39-22)12-37-42(35,40-16-10-8-7-9-11-16)31-15(4)20(33)38-14(2)3/h7-11,13-15,21-22,34H,6,12,41H2,1-5H3,(H,31,35)(H2,27,29,30)/t15?,21-,22?,24+,25-,42?/m0/s1. The molecule has 42 heavy (non-hydrogen) atoms. The zero-order valence-corrected chi connectivity index (χ0v) is 25.8. The number of hydrogen-bond donors (Lipinski definition) is 3. The summed E-state index contributed by atoms with van der Waals surface area (Å²) in [6.07, 6.45) is -2.62. The largest absolute Gasteiger partial charge is 0.476 e. The number of imidazole rings is 1. The van der Waals surface area contributed by atoms with Crippen molar-refractivity contribution in [1.82, 2.24) is 24.6 Å². The monoisotopic (exact) mass is 628 g/mol. The van der Waals surface area contributed by atoms with Gasteiger partial charge in [-0.15, -0.1) is 0 Å². The normalized spacial score (nSPS) is 26.2. The smallest absolute Gasteiger partial charge is 0.459 e. The highest BCUT2D eigenvalue weighted by molar-refractivity contribution is 7.52. The number of benzene rings is 1. The van der Waals surface area contributed by atoms with Crippen molar-refractivity contribution in [3.8, 4) is 11.6 Å². The van der Waals surface area contributed by atoms with E-state index in [0.29, 0.717) is 0 Å². The molecule has 1 aliphatic heterocycles. The minimum Gasteiger partial charge on any atom is -0.476 e. The lowest BCUT2D eigenvalue weighted by atomic mass is 9.97. The Morgan fingerprint density at radius 2 is 2.00 bits per heavy atom. The highest BCUT2D eigenvalue weighted by Crippen LogP contribution is 2.53. The summed E-state index contributed by atoms with van der Waals surface area (Å²) in [7, 11) is -2.19. The minimum atomic E-state index is -4.36. The molecule has 3 aromatic rings. The summed E-state index contributed by atoms with van der Waals surface area (Å²) in [5.41, 5.74) is 4.05. The second-order valence-corrected chi connectivity index (χ2v) is 12.8. The molecule has 0 bridgehead atoms. The van der Waals surface area contributed by atoms with E-state index < -0.39 is 55.8 Å². The fourth-order valence-corrected chi connectivity index (χ4v) is 6.51. The lowest BCUT2D eigenvalue weighted by molar-refractivity contribution is -0.149. The fraction of sp³-hybridized carbons (Fsp3) is 0.520. The summed E-state index contributed by atoms with van der Waals surface area (Å²) in [5.74, 6) is -0.548. The van der Waals surface area contributed by atoms with Crippen LogP contribution >= 0.6 is 17.0 Å². The van der Waals surface area contributed by atoms with Gasteiger partial charge in [0.2, 0.25) is 11.8 Å². The molecule has 0 saturated carbocycles. The van der Waals surface area contributed by atoms with Gasteiger partial charge in [-0.25, -0.2) is 13.9 Å². The molecule has 3 heterocycles. The van der Waals surface area contributed by atoms with Crippen LogP contribution in [0.15, 0.2) is 36.7 Å². The lowest BCUT2D eigenvalue weighted by Gasteiger charge is -2.30. The molecule has 2 aromatic heterocycles. The number of nitrogen functional groups attached to an aromatic ring is 1. The molecule has 0 radical (unpaired) electrons. The fourth-order valence-electron chi connectivity index (χ4n) is 4.29. The molecule has 14 nitrogen and oxygen atoms in total. The topological polar surface area (TPSA) is 182 Å². The van der Waals surface area contributed by atoms with Gasteiger partial charge in [0.15, 0.2) is 23.6 Å². The molecular weight excluding hydrogens is 593 g/mol. The number of anilines is 1. The average molecular weight is 629 g/mol. The molecule has 17 heteroatoms. The van der Waals surface area contributed by atoms with E-state index in [4.69, 9.17) is 29.0 Å². The van der Waals surface area contributed by atoms with Crippen LogP contribution in [0.25, 0.3) is 11.2 Å². The Labute approximate surface area is 244 Å². The van der Waals surface area contributed by atoms with Crippen molar-refractivity contribution >= 4 is 40.1 Å². The van der Waals surface area contributed by atoms with E-state index >= 15 is 4.39 Å². The number of hydrogen-bond acceptors (Lipinski definition) is 12. The maximum absolute atomic E-state index is 16.0. The van der Waals surface area contributed by atoms with Gasteiger partial charge in [0.1, 0.15) is 22.7 Å². The number of nitrogens with zero attached hydrogens (tertiary/aromatic N) is 4. The zero-order valence-electron chi connectivity index (χ0n) is 23.8. The van der Waals surface area contributed by atoms with E-state index in [2.05, 4.69) is 29.3 Å². The number of nitrogens with one attached hydrogen (secondary N) is 1. The van der Waals surface area contributed by atoms with Gasteiger partial charge < -0.3 is 29.6 Å². The van der Waals surface area contributed by atoms with Crippen LogP contribution < -0.4 is 20.1 Å². The van der Waals surface area contributed by atoms with E-state index in [-0.39, 0.29) is 35.3 Å². The summed E-state index contributed by atoms with van der Waals surface area (Å²) in [4.78, 5) is 24.9. The van der Waals surface area contributed by atoms with Crippen molar-refractivity contribution in [1.29, 1.82) is 0 Å². The number of esters is 1. The molecule has 1 saturated heterocycles. The third-order valence-corrected chi connectivity index (χ3v) is 8.42. The highest BCUT2D eigenvalue weighted by atomic mass is 31.2. The van der Waals surface area contributed by atoms with Crippen molar-refractivity contribution in [2.45, 2.75) is 70.1 Å². The quantitative estimate of drug-likeness (QED) is 0.197. The second kappa shape index (κ2) is 12.4. The van der Waals surface area contributed by atoms with Crippen LogP contribution in [0.2, 0.25) is 0 Å². The number of halogens is 1. The van der Waals surface area contributed by atoms with Crippen LogP contribution in [0.1, 0.15) is 40.8 Å². The molecule has 4 N–H and O–H groups in total. The molecule has 1 aliphatic rings. The van der Waals surface area contributed by atoms with Crippen LogP contribution in [0.4, 0.5) is 10.3 Å². The number of para-hydroxylation sites is 1. The Balaban J connectivity index is 1.61. The van der Waals surface area contributed by atoms with E-state index in [9.17, 15) is 14.5 Å². The maximum atomic E-state index is 16.0. The number of rotatable bonds is 12. The molecule has 0 amide bonds. The molecule has 4 rings (SSSR count). The van der Waals surface area contributed by atoms with Gasteiger partial charge >= 0.3 is 13.7 Å². The second-order valence-electron chi connectivity index (χ2n) is 10.2. The zero-order chi connectivity index (χ0) is 30.9. The first-order valence-corrected chi connectivity index (χ1v) is 15.2. The Kier molecular flexibility index (Phi) is 9.41. The van der Waals surface area contributed by atoms with Gasteiger partial charge in [-0.3, -0.25) is 13.9 Å². The number of alkyl halides is 1. The predicted molar refractivity (Wildman–Crippen MR) is 153 cm³/mol. The number of ether oxygens (including phenoxy) is 3. The SMILES string of the molecule is CCOc1nc(N)nc2c1ncn2C1O[C@](P)(COP(=O)(NC(C)C(=O)OC(C)C)Oc2ccccc2)[C@@H](F)[C@@]1(C)O. The van der Waals surface area contributed by atoms with Crippen LogP contribution in [-0.2, 0) is 23.4 Å². The first-order chi connectivity index (χ1) is 19.7. The van der Waals surface area contributed by atoms with Gasteiger partial charge in [-0.05, 0) is 46.8 Å². The Bertz CT molecular complexity index is 1460. The lowest BCUT2D eigenvalue weighted by Crippen LogP contribution is -2.46. The summed E-state index contributed by atoms with van der Waals surface area (Å²) in [6, 6.07) is 6.97. The number of fused-ring (bicyclic) bond motifs is 1. The van der Waals surface area contributed by atoms with E-state index in [1.54, 1.807) is 39.0 Å². The van der Waals surface area contributed by atoms with Gasteiger partial charge in [0.25, 0.3) is 0 Å². The van der Waals surface area contributed by atoms with Gasteiger partial charge in [0.05, 0.1) is 25.6 Å². The molecule has 1 fully saturated rings. The summed E-state index contributed by atoms with van der Waals surface area (Å²) in [6.45, 7) is 7.33. The summed E-state index contributed by atoms with van der Waals surface area (Å²) in [5, 5.41) is 11.9. The van der Waals surface area contributed by atoms with E-state index in [0.717, 1.165) is 0 Å². The first kappa shape index (κ1) is 32.0. The average Bonchev–Trinajstić information content (AvgIpc) is 3.40.